The van der Waals surface area contributed by atoms with Gasteiger partial charge in [0.1, 0.15) is 5.83 Å². The average Bonchev–Trinajstić information content (AvgIpc) is 2.66. The van der Waals surface area contributed by atoms with Gasteiger partial charge in [0.05, 0.1) is 12.7 Å². The van der Waals surface area contributed by atoms with Crippen molar-refractivity contribution in [2.24, 2.45) is 5.92 Å². The summed E-state index contributed by atoms with van der Waals surface area (Å²) in [4.78, 5) is 0. The maximum Gasteiger partial charge on any atom is 0.166 e. The van der Waals surface area contributed by atoms with Gasteiger partial charge in [0.25, 0.3) is 0 Å². The summed E-state index contributed by atoms with van der Waals surface area (Å²) in [5, 5.41) is 0. The van der Waals surface area contributed by atoms with Crippen molar-refractivity contribution in [2.75, 3.05) is 6.61 Å². The first-order chi connectivity index (χ1) is 13.3. The van der Waals surface area contributed by atoms with Crippen LogP contribution in [-0.4, -0.2) is 12.7 Å². The number of allylic oxidation sites excluding steroid dienone is 11. The molecule has 4 heteroatoms. The van der Waals surface area contributed by atoms with E-state index in [1.165, 1.54) is 25.2 Å². The standard InChI is InChI=1S/C25H31F3O/c1-15(2)24(27)25(28)22(10)18(6)12-11-17(5)19(7)13-23(26)21(9)20(8)14-29-16(3)4/h11-13,16,20H,1,5-7,9-10,14H2,2-4,8H3/b12-11-,23-13+,25-24-. The lowest BCUT2D eigenvalue weighted by atomic mass is 9.99. The van der Waals surface area contributed by atoms with Crippen LogP contribution in [-0.2, 0) is 4.74 Å². The van der Waals surface area contributed by atoms with Gasteiger partial charge >= 0.3 is 0 Å². The second kappa shape index (κ2) is 12.1. The summed E-state index contributed by atoms with van der Waals surface area (Å²) < 4.78 is 47.5. The second-order valence-corrected chi connectivity index (χ2v) is 7.10. The molecule has 0 saturated heterocycles. The third-order valence-corrected chi connectivity index (χ3v) is 4.00. The molecule has 0 bridgehead atoms. The van der Waals surface area contributed by atoms with E-state index in [4.69, 9.17) is 4.74 Å². The van der Waals surface area contributed by atoms with Gasteiger partial charge in [0, 0.05) is 11.5 Å². The van der Waals surface area contributed by atoms with Gasteiger partial charge in [-0.3, -0.25) is 0 Å². The van der Waals surface area contributed by atoms with Gasteiger partial charge in [0.15, 0.2) is 11.7 Å². The Morgan fingerprint density at radius 1 is 0.828 bits per heavy atom. The van der Waals surface area contributed by atoms with Crippen LogP contribution in [0.5, 0.6) is 0 Å². The molecule has 0 aromatic carbocycles. The zero-order valence-electron chi connectivity index (χ0n) is 17.9. The van der Waals surface area contributed by atoms with Crippen molar-refractivity contribution in [2.45, 2.75) is 33.8 Å². The first kappa shape index (κ1) is 26.4. The Labute approximate surface area is 173 Å². The molecule has 1 unspecified atom stereocenters. The fourth-order valence-electron chi connectivity index (χ4n) is 1.88. The molecule has 0 spiro atoms. The van der Waals surface area contributed by atoms with E-state index in [1.807, 2.05) is 20.8 Å². The molecular formula is C25H31F3O. The van der Waals surface area contributed by atoms with E-state index < -0.39 is 17.5 Å². The summed E-state index contributed by atoms with van der Waals surface area (Å²) >= 11 is 0. The van der Waals surface area contributed by atoms with Crippen molar-refractivity contribution in [1.82, 2.24) is 0 Å². The third-order valence-electron chi connectivity index (χ3n) is 4.00. The van der Waals surface area contributed by atoms with Gasteiger partial charge in [-0.25, -0.2) is 13.2 Å². The molecule has 1 atom stereocenters. The van der Waals surface area contributed by atoms with Gasteiger partial charge in [-0.05, 0) is 54.7 Å². The maximum atomic E-state index is 14.4. The monoisotopic (exact) mass is 404 g/mol. The third kappa shape index (κ3) is 8.97. The number of rotatable bonds is 12. The predicted octanol–water partition coefficient (Wildman–Crippen LogP) is 7.96. The fourth-order valence-corrected chi connectivity index (χ4v) is 1.88. The van der Waals surface area contributed by atoms with E-state index in [2.05, 4.69) is 39.5 Å². The molecule has 158 valence electrons. The second-order valence-electron chi connectivity index (χ2n) is 7.10. The molecule has 0 radical (unpaired) electrons. The Hall–Kier alpha value is -2.59. The SMILES string of the molecule is C=C(/C=C\C(=C)C(=C)/C(F)=C(/F)C(=C)C)C(=C)/C=C(/F)C(=C)C(C)COC(C)C. The maximum absolute atomic E-state index is 14.4. The number of halogens is 3. The Bertz CT molecular complexity index is 804. The minimum absolute atomic E-state index is 0.0450. The number of hydrogen-bond acceptors (Lipinski definition) is 1. The predicted molar refractivity (Wildman–Crippen MR) is 118 cm³/mol. The van der Waals surface area contributed by atoms with Gasteiger partial charge in [-0.2, -0.15) is 0 Å². The van der Waals surface area contributed by atoms with E-state index in [9.17, 15) is 13.2 Å². The Balaban J connectivity index is 5.11. The molecule has 0 aliphatic rings. The van der Waals surface area contributed by atoms with E-state index >= 15 is 0 Å². The Morgan fingerprint density at radius 3 is 1.83 bits per heavy atom. The molecule has 0 amide bonds. The van der Waals surface area contributed by atoms with E-state index in [1.54, 1.807) is 0 Å². The topological polar surface area (TPSA) is 9.23 Å². The fraction of sp³-hybridized carbons (Fsp3) is 0.280. The molecule has 0 aliphatic carbocycles. The quantitative estimate of drug-likeness (QED) is 0.300. The lowest BCUT2D eigenvalue weighted by molar-refractivity contribution is 0.0626. The molecule has 0 aliphatic heterocycles. The number of hydrogen-bond donors (Lipinski definition) is 0. The van der Waals surface area contributed by atoms with E-state index in [0.29, 0.717) is 23.3 Å². The minimum atomic E-state index is -1.13. The molecule has 0 saturated carbocycles. The molecule has 0 aromatic heterocycles. The Morgan fingerprint density at radius 2 is 1.34 bits per heavy atom. The van der Waals surface area contributed by atoms with Gasteiger partial charge in [-0.15, -0.1) is 0 Å². The first-order valence-electron chi connectivity index (χ1n) is 9.13. The van der Waals surface area contributed by atoms with E-state index in [0.717, 1.165) is 0 Å². The summed E-state index contributed by atoms with van der Waals surface area (Å²) in [5.74, 6) is -2.93. The largest absolute Gasteiger partial charge is 0.378 e. The van der Waals surface area contributed by atoms with Crippen LogP contribution in [0.2, 0.25) is 0 Å². The lowest BCUT2D eigenvalue weighted by Gasteiger charge is -2.16. The van der Waals surface area contributed by atoms with Crippen molar-refractivity contribution < 1.29 is 17.9 Å². The smallest absolute Gasteiger partial charge is 0.166 e. The van der Waals surface area contributed by atoms with Gasteiger partial charge in [0.2, 0.25) is 0 Å². The van der Waals surface area contributed by atoms with Crippen LogP contribution in [0.15, 0.2) is 109 Å². The van der Waals surface area contributed by atoms with Crippen LogP contribution in [0, 0.1) is 5.92 Å². The van der Waals surface area contributed by atoms with Crippen LogP contribution in [0.3, 0.4) is 0 Å². The van der Waals surface area contributed by atoms with Gasteiger partial charge in [-0.1, -0.05) is 58.5 Å². The van der Waals surface area contributed by atoms with Crippen LogP contribution >= 0.6 is 0 Å². The number of ether oxygens (including phenoxy) is 1. The van der Waals surface area contributed by atoms with Crippen molar-refractivity contribution in [1.29, 1.82) is 0 Å². The summed E-state index contributed by atoms with van der Waals surface area (Å²) in [7, 11) is 0. The molecule has 0 fully saturated rings. The minimum Gasteiger partial charge on any atom is -0.378 e. The molecule has 0 N–H and O–H groups in total. The van der Waals surface area contributed by atoms with Crippen LogP contribution in [0.4, 0.5) is 13.2 Å². The Kier molecular flexibility index (Phi) is 11.0. The van der Waals surface area contributed by atoms with Crippen molar-refractivity contribution in [3.05, 3.63) is 109 Å². The molecule has 1 nitrogen and oxygen atoms in total. The zero-order valence-corrected chi connectivity index (χ0v) is 17.9. The molecular weight excluding hydrogens is 373 g/mol. The average molecular weight is 405 g/mol. The summed E-state index contributed by atoms with van der Waals surface area (Å²) in [5.41, 5.74) is 0.850. The summed E-state index contributed by atoms with van der Waals surface area (Å²) in [6.07, 6.45) is 4.14. The van der Waals surface area contributed by atoms with Crippen LogP contribution in [0.25, 0.3) is 0 Å². The normalized spacial score (nSPS) is 13.9. The molecule has 29 heavy (non-hydrogen) atoms. The highest BCUT2D eigenvalue weighted by atomic mass is 19.2. The molecule has 0 rings (SSSR count). The molecule has 0 aromatic rings. The van der Waals surface area contributed by atoms with Gasteiger partial charge < -0.3 is 4.74 Å². The highest BCUT2D eigenvalue weighted by molar-refractivity contribution is 5.53. The first-order valence-corrected chi connectivity index (χ1v) is 9.13. The summed E-state index contributed by atoms with van der Waals surface area (Å²) in [6, 6.07) is 0. The van der Waals surface area contributed by atoms with Crippen molar-refractivity contribution >= 4 is 0 Å². The lowest BCUT2D eigenvalue weighted by Crippen LogP contribution is -2.13. The van der Waals surface area contributed by atoms with E-state index in [-0.39, 0.29) is 28.7 Å². The zero-order chi connectivity index (χ0) is 22.9. The molecule has 0 heterocycles. The van der Waals surface area contributed by atoms with Crippen LogP contribution < -0.4 is 0 Å². The van der Waals surface area contributed by atoms with Crippen LogP contribution in [0.1, 0.15) is 27.7 Å². The van der Waals surface area contributed by atoms with Crippen molar-refractivity contribution in [3.63, 3.8) is 0 Å². The highest BCUT2D eigenvalue weighted by Gasteiger charge is 2.14. The highest BCUT2D eigenvalue weighted by Crippen LogP contribution is 2.27. The summed E-state index contributed by atoms with van der Waals surface area (Å²) in [6.45, 7) is 29.1. The van der Waals surface area contributed by atoms with Crippen molar-refractivity contribution in [3.8, 4) is 0 Å².